The van der Waals surface area contributed by atoms with E-state index >= 15 is 0 Å². The van der Waals surface area contributed by atoms with Crippen LogP contribution in [0.2, 0.25) is 0 Å². The van der Waals surface area contributed by atoms with Crippen molar-refractivity contribution in [2.45, 2.75) is 7.43 Å². The van der Waals surface area contributed by atoms with Crippen LogP contribution in [0.15, 0.2) is 132 Å². The van der Waals surface area contributed by atoms with E-state index in [1.165, 1.54) is 16.2 Å². The van der Waals surface area contributed by atoms with Crippen LogP contribution in [0, 0.1) is 0 Å². The predicted molar refractivity (Wildman–Crippen MR) is 165 cm³/mol. The molecule has 0 unspecified atom stereocenters. The number of hydrogen-bond donors (Lipinski definition) is 0. The summed E-state index contributed by atoms with van der Waals surface area (Å²) in [5.41, 5.74) is 4.47. The van der Waals surface area contributed by atoms with Crippen molar-refractivity contribution in [3.05, 3.63) is 127 Å². The number of benzene rings is 6. The number of nitrogens with zero attached hydrogens (tertiary/aromatic N) is 3. The Bertz CT molecular complexity index is 2180. The minimum atomic E-state index is 0. The standard InChI is InChI=1S/C35H21N3O.CH4/c1-2-10-23(11-3-1)33-36-34(25-19-20-27-24(21-25)18-17-22-9-4-5-12-26(22)27)38-35(37-33)29-14-8-16-31-32(29)28-13-6-7-15-30(28)39-31;/h1-21H;1H4. The number of rotatable bonds is 3. The van der Waals surface area contributed by atoms with Gasteiger partial charge in [-0.05, 0) is 39.7 Å². The second-order valence-electron chi connectivity index (χ2n) is 9.67. The van der Waals surface area contributed by atoms with Crippen LogP contribution in [-0.2, 0) is 0 Å². The van der Waals surface area contributed by atoms with Gasteiger partial charge >= 0.3 is 0 Å². The molecule has 2 heterocycles. The molecule has 0 atom stereocenters. The van der Waals surface area contributed by atoms with Crippen LogP contribution < -0.4 is 0 Å². The zero-order valence-corrected chi connectivity index (χ0v) is 20.9. The largest absolute Gasteiger partial charge is 0.456 e. The third kappa shape index (κ3) is 3.81. The highest BCUT2D eigenvalue weighted by atomic mass is 16.3. The molecule has 2 aromatic heterocycles. The Labute approximate surface area is 231 Å². The SMILES string of the molecule is C.c1ccc(-c2nc(-c3ccc4c(ccc5ccccc54)c3)nc(-c3cccc4oc5ccccc5c34)n2)cc1. The van der Waals surface area contributed by atoms with Crippen LogP contribution in [0.1, 0.15) is 7.43 Å². The van der Waals surface area contributed by atoms with Gasteiger partial charge in [-0.15, -0.1) is 0 Å². The maximum Gasteiger partial charge on any atom is 0.164 e. The van der Waals surface area contributed by atoms with Crippen LogP contribution >= 0.6 is 0 Å². The molecule has 0 amide bonds. The first kappa shape index (κ1) is 23.7. The van der Waals surface area contributed by atoms with Gasteiger partial charge in [-0.3, -0.25) is 0 Å². The Hall–Kier alpha value is -5.35. The lowest BCUT2D eigenvalue weighted by Crippen LogP contribution is -2.00. The summed E-state index contributed by atoms with van der Waals surface area (Å²) in [5.74, 6) is 1.90. The van der Waals surface area contributed by atoms with Gasteiger partial charge in [0.25, 0.3) is 0 Å². The maximum absolute atomic E-state index is 6.16. The summed E-state index contributed by atoms with van der Waals surface area (Å²) in [5, 5.41) is 6.88. The molecule has 0 radical (unpaired) electrons. The second-order valence-corrected chi connectivity index (χ2v) is 9.67. The minimum absolute atomic E-state index is 0. The molecule has 0 aliphatic heterocycles. The van der Waals surface area contributed by atoms with Gasteiger partial charge in [-0.1, -0.05) is 117 Å². The van der Waals surface area contributed by atoms with Gasteiger partial charge in [0, 0.05) is 27.5 Å². The number of fused-ring (bicyclic) bond motifs is 6. The van der Waals surface area contributed by atoms with Gasteiger partial charge in [0.05, 0.1) is 0 Å². The van der Waals surface area contributed by atoms with Crippen LogP contribution in [0.3, 0.4) is 0 Å². The number of aromatic nitrogens is 3. The third-order valence-corrected chi connectivity index (χ3v) is 7.31. The Morgan fingerprint density at radius 1 is 0.425 bits per heavy atom. The third-order valence-electron chi connectivity index (χ3n) is 7.31. The number of para-hydroxylation sites is 1. The molecular formula is C36H25N3O. The first-order chi connectivity index (χ1) is 19.3. The topological polar surface area (TPSA) is 51.8 Å². The quantitative estimate of drug-likeness (QED) is 0.220. The Morgan fingerprint density at radius 2 is 1.07 bits per heavy atom. The van der Waals surface area contributed by atoms with Gasteiger partial charge in [0.1, 0.15) is 11.2 Å². The Morgan fingerprint density at radius 3 is 1.95 bits per heavy atom. The summed E-state index contributed by atoms with van der Waals surface area (Å²) < 4.78 is 6.16. The molecule has 40 heavy (non-hydrogen) atoms. The van der Waals surface area contributed by atoms with E-state index in [4.69, 9.17) is 19.4 Å². The highest BCUT2D eigenvalue weighted by Gasteiger charge is 2.17. The molecule has 0 saturated heterocycles. The monoisotopic (exact) mass is 515 g/mol. The van der Waals surface area contributed by atoms with Crippen molar-refractivity contribution in [2.24, 2.45) is 0 Å². The Kier molecular flexibility index (Phi) is 5.60. The van der Waals surface area contributed by atoms with Crippen LogP contribution in [0.25, 0.3) is 77.6 Å². The fourth-order valence-corrected chi connectivity index (χ4v) is 5.45. The summed E-state index contributed by atoms with van der Waals surface area (Å²) >= 11 is 0. The van der Waals surface area contributed by atoms with E-state index in [0.717, 1.165) is 44.0 Å². The summed E-state index contributed by atoms with van der Waals surface area (Å²) in [4.78, 5) is 15.0. The van der Waals surface area contributed by atoms with Crippen LogP contribution in [0.5, 0.6) is 0 Å². The van der Waals surface area contributed by atoms with Crippen molar-refractivity contribution in [1.29, 1.82) is 0 Å². The zero-order chi connectivity index (χ0) is 25.8. The van der Waals surface area contributed by atoms with Crippen molar-refractivity contribution in [1.82, 2.24) is 15.0 Å². The maximum atomic E-state index is 6.16. The second kappa shape index (κ2) is 9.44. The first-order valence-electron chi connectivity index (χ1n) is 13.0. The molecule has 0 aliphatic carbocycles. The molecule has 0 spiro atoms. The van der Waals surface area contributed by atoms with E-state index < -0.39 is 0 Å². The average molecular weight is 516 g/mol. The van der Waals surface area contributed by atoms with Crippen molar-refractivity contribution in [3.8, 4) is 34.2 Å². The fourth-order valence-electron chi connectivity index (χ4n) is 5.45. The zero-order valence-electron chi connectivity index (χ0n) is 20.9. The summed E-state index contributed by atoms with van der Waals surface area (Å²) in [7, 11) is 0. The molecule has 8 rings (SSSR count). The number of hydrogen-bond acceptors (Lipinski definition) is 4. The molecule has 6 aromatic carbocycles. The van der Waals surface area contributed by atoms with Gasteiger partial charge in [-0.2, -0.15) is 0 Å². The van der Waals surface area contributed by atoms with E-state index in [0.29, 0.717) is 17.5 Å². The molecular weight excluding hydrogens is 490 g/mol. The van der Waals surface area contributed by atoms with Crippen LogP contribution in [0.4, 0.5) is 0 Å². The van der Waals surface area contributed by atoms with E-state index in [9.17, 15) is 0 Å². The van der Waals surface area contributed by atoms with Crippen molar-refractivity contribution < 1.29 is 4.42 Å². The minimum Gasteiger partial charge on any atom is -0.456 e. The molecule has 190 valence electrons. The molecule has 0 N–H and O–H groups in total. The highest BCUT2D eigenvalue weighted by Crippen LogP contribution is 2.37. The molecule has 8 aromatic rings. The Balaban J connectivity index is 0.00000264. The lowest BCUT2D eigenvalue weighted by Gasteiger charge is -2.10. The normalized spacial score (nSPS) is 11.3. The molecule has 0 aliphatic rings. The highest BCUT2D eigenvalue weighted by molar-refractivity contribution is 6.12. The average Bonchev–Trinajstić information content (AvgIpc) is 3.40. The summed E-state index contributed by atoms with van der Waals surface area (Å²) in [6.45, 7) is 0. The van der Waals surface area contributed by atoms with Crippen LogP contribution in [-0.4, -0.2) is 15.0 Å². The molecule has 0 bridgehead atoms. The van der Waals surface area contributed by atoms with Gasteiger partial charge in [0.2, 0.25) is 0 Å². The first-order valence-corrected chi connectivity index (χ1v) is 13.0. The van der Waals surface area contributed by atoms with Crippen molar-refractivity contribution in [3.63, 3.8) is 0 Å². The smallest absolute Gasteiger partial charge is 0.164 e. The summed E-state index contributed by atoms with van der Waals surface area (Å²) in [6.07, 6.45) is 0. The molecule has 0 fully saturated rings. The molecule has 0 saturated carbocycles. The summed E-state index contributed by atoms with van der Waals surface area (Å²) in [6, 6.07) is 43.5. The van der Waals surface area contributed by atoms with Gasteiger partial charge < -0.3 is 4.42 Å². The lowest BCUT2D eigenvalue weighted by atomic mass is 10.00. The van der Waals surface area contributed by atoms with Crippen molar-refractivity contribution >= 4 is 43.5 Å². The van der Waals surface area contributed by atoms with Gasteiger partial charge in [-0.25, -0.2) is 15.0 Å². The van der Waals surface area contributed by atoms with E-state index in [-0.39, 0.29) is 7.43 Å². The number of furan rings is 1. The molecule has 4 nitrogen and oxygen atoms in total. The van der Waals surface area contributed by atoms with E-state index in [1.54, 1.807) is 0 Å². The molecule has 4 heteroatoms. The lowest BCUT2D eigenvalue weighted by molar-refractivity contribution is 0.669. The van der Waals surface area contributed by atoms with E-state index in [2.05, 4.69) is 66.7 Å². The predicted octanol–water partition coefficient (Wildman–Crippen LogP) is 9.71. The van der Waals surface area contributed by atoms with Gasteiger partial charge in [0.15, 0.2) is 17.5 Å². The van der Waals surface area contributed by atoms with E-state index in [1.807, 2.05) is 60.7 Å². The fraction of sp³-hybridized carbons (Fsp3) is 0.0278. The van der Waals surface area contributed by atoms with Crippen molar-refractivity contribution in [2.75, 3.05) is 0 Å².